The van der Waals surface area contributed by atoms with Crippen LogP contribution in [0.3, 0.4) is 0 Å². The second-order valence-electron chi connectivity index (χ2n) is 2.41. The van der Waals surface area contributed by atoms with Crippen molar-refractivity contribution in [3.63, 3.8) is 0 Å². The fourth-order valence-electron chi connectivity index (χ4n) is 0.923. The molecular weight excluding hydrogens is 150 g/mol. The first-order valence-electron chi connectivity index (χ1n) is 3.54. The van der Waals surface area contributed by atoms with Gasteiger partial charge in [0.1, 0.15) is 0 Å². The van der Waals surface area contributed by atoms with Gasteiger partial charge < -0.3 is 0 Å². The maximum Gasteiger partial charge on any atom is 0.211 e. The lowest BCUT2D eigenvalue weighted by molar-refractivity contribution is 0.565. The quantitative estimate of drug-likeness (QED) is 0.671. The molecule has 2 N–H and O–H groups in total. The molecule has 4 heteroatoms. The molecule has 0 fully saturated rings. The van der Waals surface area contributed by atoms with Crippen molar-refractivity contribution in [1.82, 2.24) is 0 Å². The van der Waals surface area contributed by atoms with Crippen LogP contribution in [0.5, 0.6) is 0 Å². The molecule has 1 unspecified atom stereocenters. The van der Waals surface area contributed by atoms with Crippen molar-refractivity contribution in [1.29, 1.82) is 0 Å². The van der Waals surface area contributed by atoms with E-state index in [1.165, 1.54) is 0 Å². The van der Waals surface area contributed by atoms with Crippen LogP contribution >= 0.6 is 0 Å². The van der Waals surface area contributed by atoms with Gasteiger partial charge in [0.2, 0.25) is 10.0 Å². The Balaban J connectivity index is 4.08. The highest BCUT2D eigenvalue weighted by molar-refractivity contribution is 7.89. The van der Waals surface area contributed by atoms with Crippen molar-refractivity contribution < 1.29 is 8.42 Å². The van der Waals surface area contributed by atoms with E-state index in [0.717, 1.165) is 6.42 Å². The summed E-state index contributed by atoms with van der Waals surface area (Å²) in [6.45, 7) is 3.79. The molecule has 62 valence electrons. The summed E-state index contributed by atoms with van der Waals surface area (Å²) in [4.78, 5) is 0. The zero-order valence-corrected chi connectivity index (χ0v) is 7.32. The Hall–Kier alpha value is -0.0900. The molecule has 0 radical (unpaired) electrons. The number of hydrogen-bond donors (Lipinski definition) is 1. The number of nitrogens with two attached hydrogens (primary N) is 1. The van der Waals surface area contributed by atoms with E-state index >= 15 is 0 Å². The topological polar surface area (TPSA) is 60.2 Å². The molecule has 0 saturated carbocycles. The third-order valence-electron chi connectivity index (χ3n) is 1.53. The van der Waals surface area contributed by atoms with E-state index in [1.54, 1.807) is 0 Å². The molecule has 0 aromatic heterocycles. The summed E-state index contributed by atoms with van der Waals surface area (Å²) in [5.41, 5.74) is 0. The molecule has 0 aliphatic heterocycles. The first kappa shape index (κ1) is 9.91. The highest BCUT2D eigenvalue weighted by atomic mass is 32.2. The van der Waals surface area contributed by atoms with Crippen molar-refractivity contribution in [3.8, 4) is 0 Å². The summed E-state index contributed by atoms with van der Waals surface area (Å²) in [6.07, 6.45) is 2.16. The Morgan fingerprint density at radius 2 is 1.90 bits per heavy atom. The maximum absolute atomic E-state index is 10.7. The van der Waals surface area contributed by atoms with Gasteiger partial charge in [0, 0.05) is 0 Å². The van der Waals surface area contributed by atoms with Gasteiger partial charge in [-0.05, 0) is 12.8 Å². The lowest BCUT2D eigenvalue weighted by Crippen LogP contribution is -2.27. The molecule has 0 aromatic rings. The van der Waals surface area contributed by atoms with Crippen LogP contribution in [0, 0.1) is 0 Å². The van der Waals surface area contributed by atoms with Crippen LogP contribution in [0.4, 0.5) is 0 Å². The largest absolute Gasteiger partial charge is 0.228 e. The van der Waals surface area contributed by atoms with Gasteiger partial charge >= 0.3 is 0 Å². The first-order chi connectivity index (χ1) is 4.52. The lowest BCUT2D eigenvalue weighted by Gasteiger charge is -2.09. The van der Waals surface area contributed by atoms with Gasteiger partial charge in [0.05, 0.1) is 5.25 Å². The van der Waals surface area contributed by atoms with Gasteiger partial charge in [-0.15, -0.1) is 0 Å². The molecule has 3 nitrogen and oxygen atoms in total. The van der Waals surface area contributed by atoms with Crippen LogP contribution in [0.1, 0.15) is 33.1 Å². The molecule has 0 saturated heterocycles. The summed E-state index contributed by atoms with van der Waals surface area (Å²) in [6, 6.07) is 0. The highest BCUT2D eigenvalue weighted by Gasteiger charge is 2.17. The monoisotopic (exact) mass is 165 g/mol. The van der Waals surface area contributed by atoms with Gasteiger partial charge in [-0.1, -0.05) is 20.3 Å². The van der Waals surface area contributed by atoms with E-state index in [4.69, 9.17) is 5.14 Å². The second-order valence-corrected chi connectivity index (χ2v) is 4.25. The van der Waals surface area contributed by atoms with Crippen LogP contribution in [-0.2, 0) is 10.0 Å². The minimum atomic E-state index is -3.28. The van der Waals surface area contributed by atoms with Crippen LogP contribution in [0.25, 0.3) is 0 Å². The Kier molecular flexibility index (Phi) is 3.89. The predicted octanol–water partition coefficient (Wildman–Crippen LogP) is 0.854. The molecule has 0 aromatic carbocycles. The van der Waals surface area contributed by atoms with Gasteiger partial charge in [-0.2, -0.15) is 0 Å². The molecule has 10 heavy (non-hydrogen) atoms. The zero-order valence-electron chi connectivity index (χ0n) is 6.50. The molecule has 0 rings (SSSR count). The van der Waals surface area contributed by atoms with Gasteiger partial charge in [0.15, 0.2) is 0 Å². The highest BCUT2D eigenvalue weighted by Crippen LogP contribution is 2.08. The first-order valence-corrected chi connectivity index (χ1v) is 5.14. The van der Waals surface area contributed by atoms with E-state index in [9.17, 15) is 8.42 Å². The van der Waals surface area contributed by atoms with E-state index in [-0.39, 0.29) is 5.25 Å². The molecule has 0 aliphatic rings. The van der Waals surface area contributed by atoms with Crippen molar-refractivity contribution in [3.05, 3.63) is 0 Å². The Morgan fingerprint density at radius 1 is 1.40 bits per heavy atom. The smallest absolute Gasteiger partial charge is 0.211 e. The van der Waals surface area contributed by atoms with E-state index in [0.29, 0.717) is 12.8 Å². The summed E-state index contributed by atoms with van der Waals surface area (Å²) in [7, 11) is -3.28. The molecule has 0 amide bonds. The number of rotatable bonds is 4. The average Bonchev–Trinajstić information content (AvgIpc) is 1.80. The standard InChI is InChI=1S/C6H15NO2S/c1-3-5-6(4-2)10(7,8)9/h6H,3-5H2,1-2H3,(H2,7,8,9). The minimum absolute atomic E-state index is 0.336. The van der Waals surface area contributed by atoms with Crippen LogP contribution < -0.4 is 5.14 Å². The third kappa shape index (κ3) is 3.17. The van der Waals surface area contributed by atoms with E-state index in [2.05, 4.69) is 0 Å². The normalized spacial score (nSPS) is 15.1. The van der Waals surface area contributed by atoms with Crippen LogP contribution in [-0.4, -0.2) is 13.7 Å². The minimum Gasteiger partial charge on any atom is -0.228 e. The second kappa shape index (κ2) is 3.93. The lowest BCUT2D eigenvalue weighted by atomic mass is 10.2. The van der Waals surface area contributed by atoms with E-state index < -0.39 is 10.0 Å². The van der Waals surface area contributed by atoms with Crippen LogP contribution in [0.15, 0.2) is 0 Å². The molecule has 0 heterocycles. The SMILES string of the molecule is CCCC(CC)S(N)(=O)=O. The Morgan fingerprint density at radius 3 is 2.00 bits per heavy atom. The number of hydrogen-bond acceptors (Lipinski definition) is 2. The molecule has 0 aliphatic carbocycles. The molecular formula is C6H15NO2S. The molecule has 0 spiro atoms. The third-order valence-corrected chi connectivity index (χ3v) is 3.03. The number of primary sulfonamides is 1. The fourth-order valence-corrected chi connectivity index (χ4v) is 1.95. The van der Waals surface area contributed by atoms with Gasteiger partial charge in [-0.3, -0.25) is 0 Å². The van der Waals surface area contributed by atoms with Crippen molar-refractivity contribution in [2.24, 2.45) is 5.14 Å². The Labute approximate surface area is 62.7 Å². The van der Waals surface area contributed by atoms with Crippen LogP contribution in [0.2, 0.25) is 0 Å². The summed E-state index contributed by atoms with van der Waals surface area (Å²) < 4.78 is 21.5. The van der Waals surface area contributed by atoms with E-state index in [1.807, 2.05) is 13.8 Å². The molecule has 0 bridgehead atoms. The van der Waals surface area contributed by atoms with Crippen molar-refractivity contribution in [2.45, 2.75) is 38.4 Å². The van der Waals surface area contributed by atoms with Crippen molar-refractivity contribution >= 4 is 10.0 Å². The van der Waals surface area contributed by atoms with Gasteiger partial charge in [0.25, 0.3) is 0 Å². The maximum atomic E-state index is 10.7. The fraction of sp³-hybridized carbons (Fsp3) is 1.00. The molecule has 1 atom stereocenters. The van der Waals surface area contributed by atoms with Crippen molar-refractivity contribution in [2.75, 3.05) is 0 Å². The predicted molar refractivity (Wildman–Crippen MR) is 42.1 cm³/mol. The zero-order chi connectivity index (χ0) is 8.20. The summed E-state index contributed by atoms with van der Waals surface area (Å²) in [5, 5.41) is 4.61. The Bertz CT molecular complexity index is 174. The van der Waals surface area contributed by atoms with Gasteiger partial charge in [-0.25, -0.2) is 13.6 Å². The summed E-state index contributed by atoms with van der Waals surface area (Å²) >= 11 is 0. The average molecular weight is 165 g/mol. The summed E-state index contributed by atoms with van der Waals surface area (Å²) in [5.74, 6) is 0. The number of sulfonamides is 1.